The summed E-state index contributed by atoms with van der Waals surface area (Å²) >= 11 is 0. The molecule has 4 rings (SSSR count). The molecule has 1 aliphatic carbocycles. The zero-order valence-electron chi connectivity index (χ0n) is 14.4. The Balaban J connectivity index is 1.44. The van der Waals surface area contributed by atoms with Crippen molar-refractivity contribution in [2.75, 3.05) is 13.2 Å². The lowest BCUT2D eigenvalue weighted by Crippen LogP contribution is -2.51. The van der Waals surface area contributed by atoms with E-state index in [9.17, 15) is 4.79 Å². The molecule has 2 aliphatic rings. The van der Waals surface area contributed by atoms with Gasteiger partial charge in [0.2, 0.25) is 0 Å². The number of carbonyl (C=O) groups excluding carboxylic acids is 1. The third kappa shape index (κ3) is 3.69. The molecule has 25 heavy (non-hydrogen) atoms. The highest BCUT2D eigenvalue weighted by atomic mass is 16.5. The fraction of sp³-hybridized carbons (Fsp3) is 0.474. The van der Waals surface area contributed by atoms with Gasteiger partial charge in [-0.25, -0.2) is 0 Å². The lowest BCUT2D eigenvalue weighted by molar-refractivity contribution is -0.0137. The minimum absolute atomic E-state index is 0.0422. The van der Waals surface area contributed by atoms with E-state index in [1.165, 1.54) is 0 Å². The minimum atomic E-state index is -0.216. The number of aryl methyl sites for hydroxylation is 1. The second-order valence-corrected chi connectivity index (χ2v) is 6.77. The highest BCUT2D eigenvalue weighted by Crippen LogP contribution is 2.36. The Hall–Kier alpha value is -2.34. The molecule has 0 radical (unpaired) electrons. The maximum atomic E-state index is 12.7. The number of hydrogen-bond donors (Lipinski definition) is 1. The van der Waals surface area contributed by atoms with E-state index in [4.69, 9.17) is 9.47 Å². The summed E-state index contributed by atoms with van der Waals surface area (Å²) in [4.78, 5) is 17.0. The van der Waals surface area contributed by atoms with Crippen molar-refractivity contribution in [1.29, 1.82) is 0 Å². The van der Waals surface area contributed by atoms with Crippen molar-refractivity contribution in [3.63, 3.8) is 0 Å². The van der Waals surface area contributed by atoms with Crippen LogP contribution in [0.2, 0.25) is 0 Å². The van der Waals surface area contributed by atoms with E-state index >= 15 is 0 Å². The average Bonchev–Trinajstić information content (AvgIpc) is 3.35. The first kappa shape index (κ1) is 16.1. The third-order valence-corrected chi connectivity index (χ3v) is 4.74. The van der Waals surface area contributed by atoms with E-state index in [1.807, 2.05) is 37.4 Å². The van der Waals surface area contributed by atoms with Crippen LogP contribution >= 0.6 is 0 Å². The summed E-state index contributed by atoms with van der Waals surface area (Å²) in [5.41, 5.74) is 1.67. The van der Waals surface area contributed by atoms with Crippen LogP contribution in [0.25, 0.3) is 0 Å². The highest BCUT2D eigenvalue weighted by Gasteiger charge is 2.31. The molecule has 1 N–H and O–H groups in total. The van der Waals surface area contributed by atoms with Gasteiger partial charge in [0.05, 0.1) is 18.8 Å². The zero-order chi connectivity index (χ0) is 17.2. The first-order chi connectivity index (χ1) is 12.2. The fourth-order valence-electron chi connectivity index (χ4n) is 3.19. The predicted octanol–water partition coefficient (Wildman–Crippen LogP) is 2.49. The number of hydrogen-bond acceptors (Lipinski definition) is 4. The van der Waals surface area contributed by atoms with Gasteiger partial charge in [-0.3, -0.25) is 9.78 Å². The van der Waals surface area contributed by atoms with Crippen LogP contribution < -0.4 is 10.1 Å². The standard InChI is InChI=1S/C19H23N3O3/c1-13-4-7-15(11-20-13)25-18-12-24-10-8-16(18)21-19(23)17-3-2-9-22(17)14-5-6-14/h2-4,7,9,11,14,16,18H,5-6,8,10,12H2,1H3,(H,21,23)/t16-,18+/m1/s1. The van der Waals surface area contributed by atoms with Gasteiger partial charge < -0.3 is 19.4 Å². The number of pyridine rings is 1. The van der Waals surface area contributed by atoms with E-state index in [2.05, 4.69) is 14.9 Å². The summed E-state index contributed by atoms with van der Waals surface area (Å²) in [7, 11) is 0. The fourth-order valence-corrected chi connectivity index (χ4v) is 3.19. The van der Waals surface area contributed by atoms with E-state index in [-0.39, 0.29) is 18.1 Å². The maximum absolute atomic E-state index is 12.7. The Morgan fingerprint density at radius 1 is 1.32 bits per heavy atom. The van der Waals surface area contributed by atoms with Gasteiger partial charge in [-0.05, 0) is 50.5 Å². The molecule has 0 unspecified atom stereocenters. The number of ether oxygens (including phenoxy) is 2. The number of nitrogens with zero attached hydrogens (tertiary/aromatic N) is 2. The van der Waals surface area contributed by atoms with Crippen LogP contribution in [0.3, 0.4) is 0 Å². The quantitative estimate of drug-likeness (QED) is 0.907. The Kier molecular flexibility index (Phi) is 4.44. The predicted molar refractivity (Wildman–Crippen MR) is 92.8 cm³/mol. The van der Waals surface area contributed by atoms with Crippen molar-refractivity contribution in [3.8, 4) is 5.75 Å². The second-order valence-electron chi connectivity index (χ2n) is 6.77. The third-order valence-electron chi connectivity index (χ3n) is 4.74. The number of rotatable bonds is 5. The molecular weight excluding hydrogens is 318 g/mol. The van der Waals surface area contributed by atoms with Crippen LogP contribution in [0.5, 0.6) is 5.75 Å². The van der Waals surface area contributed by atoms with Crippen LogP contribution in [0, 0.1) is 6.92 Å². The maximum Gasteiger partial charge on any atom is 0.268 e. The van der Waals surface area contributed by atoms with Crippen LogP contribution in [-0.2, 0) is 4.74 Å². The largest absolute Gasteiger partial charge is 0.484 e. The van der Waals surface area contributed by atoms with Gasteiger partial charge in [-0.15, -0.1) is 0 Å². The van der Waals surface area contributed by atoms with E-state index < -0.39 is 0 Å². The van der Waals surface area contributed by atoms with Gasteiger partial charge in [0.1, 0.15) is 17.5 Å². The molecule has 1 aliphatic heterocycles. The first-order valence-corrected chi connectivity index (χ1v) is 8.85. The number of carbonyl (C=O) groups is 1. The smallest absolute Gasteiger partial charge is 0.268 e. The van der Waals surface area contributed by atoms with Gasteiger partial charge in [-0.1, -0.05) is 0 Å². The summed E-state index contributed by atoms with van der Waals surface area (Å²) in [5.74, 6) is 0.654. The van der Waals surface area contributed by atoms with Gasteiger partial charge in [0, 0.05) is 24.5 Å². The Morgan fingerprint density at radius 3 is 2.96 bits per heavy atom. The molecule has 0 spiro atoms. The number of amides is 1. The van der Waals surface area contributed by atoms with Crippen LogP contribution in [0.1, 0.15) is 41.5 Å². The molecule has 2 fully saturated rings. The summed E-state index contributed by atoms with van der Waals surface area (Å²) < 4.78 is 13.7. The van der Waals surface area contributed by atoms with Gasteiger partial charge >= 0.3 is 0 Å². The molecule has 132 valence electrons. The molecule has 1 saturated carbocycles. The molecule has 2 atom stereocenters. The van der Waals surface area contributed by atoms with Gasteiger partial charge in [0.15, 0.2) is 0 Å². The molecule has 2 aromatic rings. The van der Waals surface area contributed by atoms with Crippen molar-refractivity contribution in [1.82, 2.24) is 14.9 Å². The van der Waals surface area contributed by atoms with Gasteiger partial charge in [0.25, 0.3) is 5.91 Å². The highest BCUT2D eigenvalue weighted by molar-refractivity contribution is 5.93. The van der Waals surface area contributed by atoms with Crippen LogP contribution in [0.4, 0.5) is 0 Å². The summed E-state index contributed by atoms with van der Waals surface area (Å²) in [5, 5.41) is 3.14. The SMILES string of the molecule is Cc1ccc(O[C@H]2COCC[C@H]2NC(=O)c2cccn2C2CC2)cn1. The zero-order valence-corrected chi connectivity index (χ0v) is 14.4. The molecular formula is C19H23N3O3. The number of nitrogens with one attached hydrogen (secondary N) is 1. The molecule has 1 amide bonds. The summed E-state index contributed by atoms with van der Waals surface area (Å²) in [6.07, 6.45) is 6.52. The summed E-state index contributed by atoms with van der Waals surface area (Å²) in [6, 6.07) is 8.03. The molecule has 6 heteroatoms. The molecule has 0 bridgehead atoms. The Bertz CT molecular complexity index is 737. The van der Waals surface area contributed by atoms with Crippen LogP contribution in [0.15, 0.2) is 36.7 Å². The van der Waals surface area contributed by atoms with E-state index in [0.29, 0.717) is 25.0 Å². The second kappa shape index (κ2) is 6.88. The monoisotopic (exact) mass is 341 g/mol. The Labute approximate surface area is 147 Å². The molecule has 6 nitrogen and oxygen atoms in total. The molecule has 1 saturated heterocycles. The lowest BCUT2D eigenvalue weighted by Gasteiger charge is -2.32. The number of aromatic nitrogens is 2. The van der Waals surface area contributed by atoms with Crippen LogP contribution in [-0.4, -0.2) is 40.8 Å². The van der Waals surface area contributed by atoms with Crippen molar-refractivity contribution in [3.05, 3.63) is 48.0 Å². The Morgan fingerprint density at radius 2 is 2.20 bits per heavy atom. The van der Waals surface area contributed by atoms with Crippen molar-refractivity contribution in [2.24, 2.45) is 0 Å². The molecule has 2 aromatic heterocycles. The molecule has 3 heterocycles. The minimum Gasteiger partial charge on any atom is -0.484 e. The lowest BCUT2D eigenvalue weighted by atomic mass is 10.1. The van der Waals surface area contributed by atoms with E-state index in [1.54, 1.807) is 6.20 Å². The summed E-state index contributed by atoms with van der Waals surface area (Å²) in [6.45, 7) is 3.02. The van der Waals surface area contributed by atoms with Crippen molar-refractivity contribution in [2.45, 2.75) is 44.4 Å². The van der Waals surface area contributed by atoms with E-state index in [0.717, 1.165) is 30.7 Å². The van der Waals surface area contributed by atoms with Gasteiger partial charge in [-0.2, -0.15) is 0 Å². The topological polar surface area (TPSA) is 65.4 Å². The molecule has 0 aromatic carbocycles. The van der Waals surface area contributed by atoms with Crippen molar-refractivity contribution >= 4 is 5.91 Å². The average molecular weight is 341 g/mol. The van der Waals surface area contributed by atoms with Crippen molar-refractivity contribution < 1.29 is 14.3 Å². The normalized spacial score (nSPS) is 23.2. The first-order valence-electron chi connectivity index (χ1n) is 8.85.